The Morgan fingerprint density at radius 3 is 2.36 bits per heavy atom. The third kappa shape index (κ3) is 7.83. The zero-order chi connectivity index (χ0) is 40.6. The van der Waals surface area contributed by atoms with Gasteiger partial charge in [-0.05, 0) is 79.9 Å². The Morgan fingerprint density at radius 1 is 0.797 bits per heavy atom. The normalized spacial score (nSPS) is 48.8. The average Bonchev–Trinajstić information content (AvgIpc) is 3.90. The van der Waals surface area contributed by atoms with Crippen LogP contribution in [0.2, 0.25) is 0 Å². The van der Waals surface area contributed by atoms with E-state index in [2.05, 4.69) is 48.6 Å². The molecule has 10 saturated heterocycles. The topological polar surface area (TPSA) is 117 Å². The van der Waals surface area contributed by atoms with Gasteiger partial charge in [0.25, 0.3) is 0 Å². The molecule has 0 aromatic heterocycles. The summed E-state index contributed by atoms with van der Waals surface area (Å²) in [5.74, 6) is -1.03. The molecule has 11 nitrogen and oxygen atoms in total. The molecule has 10 aliphatic heterocycles. The van der Waals surface area contributed by atoms with Gasteiger partial charge in [0.2, 0.25) is 0 Å². The highest BCUT2D eigenvalue weighted by Gasteiger charge is 2.69. The smallest absolute Gasteiger partial charge is 0.172 e. The van der Waals surface area contributed by atoms with Crippen molar-refractivity contribution in [1.29, 1.82) is 0 Å². The Bertz CT molecular complexity index is 1750. The standard InChI is InChI=1S/C46H62O11P2/c1-23-16-28-10-12-33-24(2)17-30(50-33)14-15-46-21-38-42(56-46)43-44(55-38)45(57-46)41-34(54-43)13-11-29(52-41)18-32(47)40(27-8-6-5-7-9-27)39-26(4)35(19-31(59-48)22-49-58)53-37(39)20-36(51-28)25(23)3/h5-9,23,26,28-31,33-45H,2-3,10-22,58H2,1,4H3/t23-,26+,28+,29-,30+,31+,33?,34+,35-,36?,37+,38?,39-,40?,41+,42+,43+,44?,45+,46+/m1/s1. The second-order valence-electron chi connectivity index (χ2n) is 19.3. The second kappa shape index (κ2) is 16.9. The lowest BCUT2D eigenvalue weighted by atomic mass is 9.70. The summed E-state index contributed by atoms with van der Waals surface area (Å²) in [5, 5.41) is 0. The minimum atomic E-state index is -0.799. The van der Waals surface area contributed by atoms with Gasteiger partial charge in [-0.3, -0.25) is 9.36 Å². The van der Waals surface area contributed by atoms with Crippen molar-refractivity contribution in [2.45, 2.75) is 194 Å². The molecule has 1 spiro atoms. The third-order valence-electron chi connectivity index (χ3n) is 15.6. The van der Waals surface area contributed by atoms with Crippen LogP contribution in [0, 0.1) is 17.8 Å². The van der Waals surface area contributed by atoms with E-state index >= 15 is 4.79 Å². The van der Waals surface area contributed by atoms with E-state index in [1.54, 1.807) is 0 Å². The highest BCUT2D eigenvalue weighted by Crippen LogP contribution is 2.55. The van der Waals surface area contributed by atoms with Crippen LogP contribution in [0.5, 0.6) is 0 Å². The molecule has 12 bridgehead atoms. The second-order valence-corrected chi connectivity index (χ2v) is 20.6. The third-order valence-corrected chi connectivity index (χ3v) is 16.5. The van der Waals surface area contributed by atoms with Gasteiger partial charge in [-0.25, -0.2) is 0 Å². The van der Waals surface area contributed by atoms with Crippen molar-refractivity contribution >= 4 is 23.7 Å². The van der Waals surface area contributed by atoms with Gasteiger partial charge in [-0.15, -0.1) is 0 Å². The van der Waals surface area contributed by atoms with Gasteiger partial charge in [0, 0.05) is 47.0 Å². The number of hydrogen-bond acceptors (Lipinski definition) is 11. The lowest BCUT2D eigenvalue weighted by molar-refractivity contribution is -0.292. The summed E-state index contributed by atoms with van der Waals surface area (Å²) in [6.07, 6.45) is 5.82. The first kappa shape index (κ1) is 41.5. The van der Waals surface area contributed by atoms with Crippen LogP contribution >= 0.6 is 17.9 Å². The van der Waals surface area contributed by atoms with Crippen LogP contribution < -0.4 is 0 Å². The number of benzene rings is 1. The fourth-order valence-electron chi connectivity index (χ4n) is 12.6. The molecule has 6 unspecified atom stereocenters. The number of ketones is 1. The van der Waals surface area contributed by atoms with Gasteiger partial charge in [-0.1, -0.05) is 57.3 Å². The van der Waals surface area contributed by atoms with Crippen LogP contribution in [0.4, 0.5) is 0 Å². The molecule has 10 heterocycles. The largest absolute Gasteiger partial charge is 0.374 e. The highest BCUT2D eigenvalue weighted by molar-refractivity contribution is 7.24. The molecule has 1 aromatic carbocycles. The summed E-state index contributed by atoms with van der Waals surface area (Å²) in [6.45, 7) is 13.8. The predicted octanol–water partition coefficient (Wildman–Crippen LogP) is 7.60. The molecule has 0 radical (unpaired) electrons. The Balaban J connectivity index is 0.993. The van der Waals surface area contributed by atoms with Gasteiger partial charge < -0.3 is 42.4 Å². The Labute approximate surface area is 352 Å². The van der Waals surface area contributed by atoms with E-state index in [4.69, 9.17) is 42.4 Å². The number of hydrogen-bond donors (Lipinski definition) is 0. The van der Waals surface area contributed by atoms with Crippen LogP contribution in [0.3, 0.4) is 0 Å². The molecular weight excluding hydrogens is 790 g/mol. The van der Waals surface area contributed by atoms with Crippen LogP contribution in [0.15, 0.2) is 54.6 Å². The zero-order valence-corrected chi connectivity index (χ0v) is 36.5. The molecule has 10 aliphatic rings. The van der Waals surface area contributed by atoms with E-state index < -0.39 is 11.7 Å². The molecule has 1 aromatic rings. The van der Waals surface area contributed by atoms with Crippen LogP contribution in [-0.2, 0) is 51.8 Å². The van der Waals surface area contributed by atoms with E-state index in [0.717, 1.165) is 55.2 Å². The maximum absolute atomic E-state index is 15.2. The molecule has 59 heavy (non-hydrogen) atoms. The van der Waals surface area contributed by atoms with Crippen molar-refractivity contribution in [2.75, 3.05) is 6.61 Å². The van der Waals surface area contributed by atoms with E-state index in [-0.39, 0.29) is 130 Å². The quantitative estimate of drug-likeness (QED) is 0.208. The van der Waals surface area contributed by atoms with E-state index in [1.165, 1.54) is 0 Å². The van der Waals surface area contributed by atoms with Gasteiger partial charge in [-0.2, -0.15) is 0 Å². The molecule has 0 aliphatic carbocycles. The zero-order valence-electron chi connectivity index (χ0n) is 34.5. The summed E-state index contributed by atoms with van der Waals surface area (Å²) in [4.78, 5) is 15.2. The van der Waals surface area contributed by atoms with Crippen molar-refractivity contribution in [3.05, 3.63) is 60.2 Å². The lowest BCUT2D eigenvalue weighted by Gasteiger charge is -2.47. The highest BCUT2D eigenvalue weighted by atomic mass is 31.1. The van der Waals surface area contributed by atoms with E-state index in [9.17, 15) is 4.57 Å². The van der Waals surface area contributed by atoms with Crippen molar-refractivity contribution < 1.29 is 51.8 Å². The first-order valence-corrected chi connectivity index (χ1v) is 23.8. The predicted molar refractivity (Wildman–Crippen MR) is 221 cm³/mol. The molecule has 13 heteroatoms. The Hall–Kier alpha value is -1.46. The maximum atomic E-state index is 15.2. The number of carbonyl (C=O) groups excluding carboxylic acids is 1. The van der Waals surface area contributed by atoms with Gasteiger partial charge in [0.1, 0.15) is 36.3 Å². The molecule has 0 N–H and O–H groups in total. The molecule has 21 atom stereocenters. The van der Waals surface area contributed by atoms with Crippen LogP contribution in [0.1, 0.15) is 102 Å². The minimum Gasteiger partial charge on any atom is -0.374 e. The fraction of sp³-hybridized carbons (Fsp3) is 0.761. The maximum Gasteiger partial charge on any atom is 0.172 e. The van der Waals surface area contributed by atoms with E-state index in [0.29, 0.717) is 38.7 Å². The summed E-state index contributed by atoms with van der Waals surface area (Å²) in [5.41, 5.74) is 2.96. The summed E-state index contributed by atoms with van der Waals surface area (Å²) in [6, 6.07) is 10.2. The summed E-state index contributed by atoms with van der Waals surface area (Å²) < 4.78 is 72.9. The van der Waals surface area contributed by atoms with Crippen LogP contribution in [-0.4, -0.2) is 109 Å². The molecular formula is C46H62O11P2. The van der Waals surface area contributed by atoms with Gasteiger partial charge >= 0.3 is 0 Å². The van der Waals surface area contributed by atoms with Crippen molar-refractivity contribution in [3.8, 4) is 0 Å². The number of carbonyl (C=O) groups is 1. The molecule has 322 valence electrons. The molecule has 10 fully saturated rings. The number of fused-ring (bicyclic) bond motifs is 6. The number of rotatable bonds is 6. The number of Topliss-reactive ketones (excluding diaryl/α,β-unsaturated/α-hetero) is 1. The van der Waals surface area contributed by atoms with Crippen molar-refractivity contribution in [3.63, 3.8) is 0 Å². The Morgan fingerprint density at radius 2 is 1.54 bits per heavy atom. The van der Waals surface area contributed by atoms with Crippen molar-refractivity contribution in [1.82, 2.24) is 0 Å². The van der Waals surface area contributed by atoms with Gasteiger partial charge in [0.15, 0.2) is 14.2 Å². The van der Waals surface area contributed by atoms with E-state index in [1.807, 2.05) is 18.2 Å². The van der Waals surface area contributed by atoms with Gasteiger partial charge in [0.05, 0.1) is 67.2 Å². The Kier molecular flexibility index (Phi) is 11.9. The molecule has 11 rings (SSSR count). The monoisotopic (exact) mass is 852 g/mol. The summed E-state index contributed by atoms with van der Waals surface area (Å²) in [7, 11) is 2.29. The minimum absolute atomic E-state index is 0.0145. The molecule has 0 saturated carbocycles. The first-order chi connectivity index (χ1) is 28.6. The first-order valence-electron chi connectivity index (χ1n) is 22.5. The van der Waals surface area contributed by atoms with Crippen molar-refractivity contribution in [2.24, 2.45) is 17.8 Å². The SMILES string of the molecule is C=C1C[C@@H]2CC[C@@]34CC5OC6[C@@H](O3)[C@H]3O[C@H](CC[C@@H]3O[C@H]6[C@H]5O4)CC(=O)C(c3ccccc3)[C@@H]3[C@@H](C)[C@@H](C[C@@H](COP)P=O)O[C@H]3CC3O[C@@H](CCC1O2)C[C@@H](C)C3=C. The summed E-state index contributed by atoms with van der Waals surface area (Å²) >= 11 is 0. The average molecular weight is 853 g/mol. The molecule has 0 amide bonds. The van der Waals surface area contributed by atoms with Crippen LogP contribution in [0.25, 0.3) is 0 Å². The fourth-order valence-corrected chi connectivity index (χ4v) is 13.4. The lowest BCUT2D eigenvalue weighted by Crippen LogP contribution is -2.61. The number of ether oxygens (including phenoxy) is 8.